The van der Waals surface area contributed by atoms with Crippen molar-refractivity contribution >= 4 is 188 Å². The molecule has 0 unspecified atom stereocenters. The molecule has 11 rings (SSSR count). The van der Waals surface area contributed by atoms with Gasteiger partial charge in [-0.15, -0.1) is 0 Å². The van der Waals surface area contributed by atoms with Gasteiger partial charge in [0.25, 0.3) is 53.2 Å². The van der Waals surface area contributed by atoms with Crippen LogP contribution in [-0.2, 0) is 84.9 Å². The summed E-state index contributed by atoms with van der Waals surface area (Å²) in [5.74, 6) is -15.0. The molecule has 150 heavy (non-hydrogen) atoms. The fourth-order valence-corrected chi connectivity index (χ4v) is 14.9. The van der Waals surface area contributed by atoms with Gasteiger partial charge in [-0.2, -0.15) is 19.9 Å². The number of halogens is 2. The maximum absolute atomic E-state index is 15.4. The summed E-state index contributed by atoms with van der Waals surface area (Å²) in [5, 5.41) is 45.2. The van der Waals surface area contributed by atoms with Gasteiger partial charge in [0.2, 0.25) is 47.8 Å². The van der Waals surface area contributed by atoms with Crippen molar-refractivity contribution in [3.63, 3.8) is 0 Å². The normalized spacial score (nSPS) is 13.7. The minimum atomic E-state index is -1.51. The van der Waals surface area contributed by atoms with Crippen LogP contribution in [0.1, 0.15) is 220 Å². The third-order valence-corrected chi connectivity index (χ3v) is 22.8. The number of hydrogen-bond acceptors (Lipinski definition) is 35. The highest BCUT2D eigenvalue weighted by Crippen LogP contribution is 2.30. The topological polar surface area (TPSA) is 741 Å². The molecule has 20 N–H and O–H groups in total. The van der Waals surface area contributed by atoms with E-state index < -0.39 is 153 Å². The predicted molar refractivity (Wildman–Crippen MR) is 535 cm³/mol. The molecule has 7 heterocycles. The van der Waals surface area contributed by atoms with E-state index in [2.05, 4.69) is 93.0 Å². The van der Waals surface area contributed by atoms with Gasteiger partial charge in [0, 0.05) is 86.1 Å². The van der Waals surface area contributed by atoms with Crippen LogP contribution in [0.3, 0.4) is 0 Å². The monoisotopic (exact) mass is 2080 g/mol. The molecule has 0 spiro atoms. The molecule has 3 aliphatic heterocycles. The van der Waals surface area contributed by atoms with Crippen LogP contribution in [0.5, 0.6) is 0 Å². The number of nitrogens with one attached hydrogen (secondary N) is 10. The number of carbonyl (C=O) groups excluding carboxylic acids is 18. The number of hydrogen-bond donors (Lipinski definition) is 16. The maximum atomic E-state index is 15.4. The Hall–Kier alpha value is -17.9. The Morgan fingerprint density at radius 3 is 1.49 bits per heavy atom. The largest absolute Gasteiger partial charge is 0.480 e. The Morgan fingerprint density at radius 2 is 0.973 bits per heavy atom. The number of ether oxygens (including phenoxy) is 2. The quantitative estimate of drug-likeness (QED) is 0.0106. The number of nitrogen functional groups attached to an aromatic ring is 4. The molecule has 3 aliphatic rings. The number of methoxy groups -OCH3 is 1. The van der Waals surface area contributed by atoms with E-state index in [9.17, 15) is 106 Å². The van der Waals surface area contributed by atoms with Gasteiger partial charge in [-0.25, -0.2) is 47.9 Å². The lowest BCUT2D eigenvalue weighted by molar-refractivity contribution is -0.143. The summed E-state index contributed by atoms with van der Waals surface area (Å²) < 4.78 is 40.6. The van der Waals surface area contributed by atoms with Crippen LogP contribution in [-0.4, -0.2) is 259 Å². The van der Waals surface area contributed by atoms with Gasteiger partial charge in [-0.1, -0.05) is 40.5 Å². The smallest absolute Gasteiger partial charge is 0.408 e. The number of alkyl carbamates (subject to hydrolysis) is 1. The number of aromatic carboxylic acids is 1. The number of amides is 16. The summed E-state index contributed by atoms with van der Waals surface area (Å²) in [6, 6.07) is 7.45. The van der Waals surface area contributed by atoms with Gasteiger partial charge in [-0.3, -0.25) is 86.6 Å². The maximum Gasteiger partial charge on any atom is 0.408 e. The number of carbonyl (C=O) groups is 20. The van der Waals surface area contributed by atoms with Gasteiger partial charge in [0.05, 0.1) is 77.4 Å². The van der Waals surface area contributed by atoms with E-state index in [1.807, 2.05) is 0 Å². The molecule has 0 fully saturated rings. The average Bonchev–Trinajstić information content (AvgIpc) is 1.62. The number of esters is 1. The number of fused-ring (bicyclic) bond motifs is 3. The average molecular weight is 2080 g/mol. The molecule has 0 saturated carbocycles. The Kier molecular flexibility index (Phi) is 41.0. The number of anilines is 8. The van der Waals surface area contributed by atoms with Crippen molar-refractivity contribution in [3.05, 3.63) is 166 Å². The molecule has 4 aromatic carbocycles. The number of aromatic nitrogens is 8. The zero-order valence-electron chi connectivity index (χ0n) is 83.6. The van der Waals surface area contributed by atoms with E-state index in [1.54, 1.807) is 55.4 Å². The lowest BCUT2D eigenvalue weighted by Gasteiger charge is -2.26. The highest BCUT2D eigenvalue weighted by atomic mass is 19.1. The predicted octanol–water partition coefficient (Wildman–Crippen LogP) is 4.78. The highest BCUT2D eigenvalue weighted by molar-refractivity contribution is 6.22. The first kappa shape index (κ1) is 116. The first-order chi connectivity index (χ1) is 70.9. The van der Waals surface area contributed by atoms with Crippen LogP contribution >= 0.6 is 0 Å². The second-order valence-corrected chi connectivity index (χ2v) is 36.2. The fraction of sp³-hybridized carbons (Fsp3) is 0.388. The molecule has 0 bridgehead atoms. The SMILES string of the molecule is CC(=O)CCCCCN1C(=O)C=CC1=O.CC(C)[C@H](NC(=O)CCCCCN1C(=O)C=CC1=O)C(=O)N[C@@H](C)C(=O)Nc1ccc(C(=O)NCCC[C@H](NC(=O)c2ccc(NCc3cnc4nc(N)nc(N)c4n3)cc2F)C(=O)O)c(C(=O)O)c1.COC(=O)[C@H](CCCN1C(=O)c2ccc(NC(=O)[C@H](C)NC(=O)[C@@H](NC(=O)OC(C)(C)C)C(C)C)cc2C1=O)NC(=O)c1ccc(N(C=O)Cc2cnc3nc(N)nc(N)c3n2)cc1F. The first-order valence-corrected chi connectivity index (χ1v) is 47.2. The zero-order chi connectivity index (χ0) is 110. The Labute approximate surface area is 855 Å². The molecule has 0 saturated heterocycles. The van der Waals surface area contributed by atoms with Gasteiger partial charge in [0.1, 0.15) is 59.3 Å². The van der Waals surface area contributed by atoms with Crippen molar-refractivity contribution in [2.24, 2.45) is 11.8 Å². The number of benzene rings is 4. The molecule has 796 valence electrons. The van der Waals surface area contributed by atoms with E-state index in [-0.39, 0.29) is 197 Å². The summed E-state index contributed by atoms with van der Waals surface area (Å²) in [6.45, 7) is 16.5. The fourth-order valence-electron chi connectivity index (χ4n) is 14.9. The molecular formula is C98H116F2N26O24. The van der Waals surface area contributed by atoms with Crippen LogP contribution in [0.25, 0.3) is 22.3 Å². The van der Waals surface area contributed by atoms with Gasteiger partial charge in [0.15, 0.2) is 34.0 Å². The Bertz CT molecular complexity index is 6580. The second-order valence-electron chi connectivity index (χ2n) is 36.2. The third-order valence-electron chi connectivity index (χ3n) is 22.8. The summed E-state index contributed by atoms with van der Waals surface area (Å²) in [6.07, 6.45) is 11.6. The van der Waals surface area contributed by atoms with Gasteiger partial charge < -0.3 is 105 Å². The minimum Gasteiger partial charge on any atom is -0.480 e. The summed E-state index contributed by atoms with van der Waals surface area (Å²) in [5.41, 5.74) is 22.3. The van der Waals surface area contributed by atoms with Crippen molar-refractivity contribution in [3.8, 4) is 0 Å². The summed E-state index contributed by atoms with van der Waals surface area (Å²) >= 11 is 0. The van der Waals surface area contributed by atoms with Crippen LogP contribution in [0.15, 0.2) is 109 Å². The van der Waals surface area contributed by atoms with Crippen molar-refractivity contribution in [2.45, 2.75) is 201 Å². The summed E-state index contributed by atoms with van der Waals surface area (Å²) in [4.78, 5) is 285. The molecule has 4 aromatic heterocycles. The lowest BCUT2D eigenvalue weighted by Crippen LogP contribution is -2.54. The van der Waals surface area contributed by atoms with Gasteiger partial charge in [-0.05, 0) is 178 Å². The molecule has 16 amide bonds. The molecule has 52 heteroatoms. The Balaban J connectivity index is 0.000000292. The number of carboxylic acid groups (broad SMARTS) is 2. The molecule has 50 nitrogen and oxygen atoms in total. The van der Waals surface area contributed by atoms with Crippen molar-refractivity contribution in [1.29, 1.82) is 0 Å². The van der Waals surface area contributed by atoms with E-state index in [4.69, 9.17) is 32.4 Å². The number of Topliss-reactive ketones (excluding diaryl/α,β-unsaturated/α-hetero) is 1. The lowest BCUT2D eigenvalue weighted by atomic mass is 10.0. The third kappa shape index (κ3) is 32.8. The molecule has 6 atom stereocenters. The van der Waals surface area contributed by atoms with Gasteiger partial charge >= 0.3 is 24.0 Å². The molecule has 8 aromatic rings. The highest BCUT2D eigenvalue weighted by Gasteiger charge is 2.39. The number of unbranched alkanes of at least 4 members (excludes halogenated alkanes) is 4. The number of rotatable bonds is 47. The van der Waals surface area contributed by atoms with E-state index >= 15 is 8.78 Å². The Morgan fingerprint density at radius 1 is 0.493 bits per heavy atom. The van der Waals surface area contributed by atoms with Crippen LogP contribution < -0.4 is 81.0 Å². The van der Waals surface area contributed by atoms with Crippen molar-refractivity contribution < 1.29 is 124 Å². The van der Waals surface area contributed by atoms with E-state index in [1.165, 1.54) is 91.8 Å². The standard InChI is InChI=1S/C45H52FN13O11.C42H49FN12O10.C11H15NO3/c1-22(2)35(56-32(60)9-5-4-6-17-59-33(61)14-15-34(59)62)42(66)52-23(3)39(63)54-25-11-12-27(29(18-25)43(67)68)40(64)49-16-7-8-31(44(69)70)55-41(65)28-13-10-24(19-30(28)46)50-20-26-21-51-38-36(53-26)37(47)57-45(48)58-38;1-20(2)30(51-41(63)65-42(4,5)6)36(59)47-21(3)34(57)49-22-10-12-25-27(15-22)38(61)55(37(25)60)14-8-9-29(39(62)64-7)50-35(58)26-13-11-24(16-28(26)43)54(19-56)18-23-17-46-33-31(48-23)32(44)52-40(45)53-33;1-9(13)5-3-2-4-8-12-10(14)6-7-11(12)15/h10-15,18-19,21-23,31,35,50H,4-9,16-17,20H2,1-3H3,(H,49,64)(H,52,66)(H,54,63)(H,55,65)(H,56,60)(H,67,68)(H,69,70)(H4,47,48,51,57,58);10-13,15-17,19-21,29-30H,8-9,14,18H2,1-7H3,(H,47,59)(H,49,57)(H,50,58)(H,51,63)(H4,44,45,46,52,53);6-7H,2-5,8H2,1H3/t23-,31-,35-;21-,29-,30-;/m00./s1. The number of nitrogens with zero attached hydrogens (tertiary/aromatic N) is 12. The van der Waals surface area contributed by atoms with Crippen LogP contribution in [0.4, 0.5) is 59.9 Å². The number of nitrogens with two attached hydrogens (primary N) is 4. The minimum absolute atomic E-state index is 0.00498. The first-order valence-electron chi connectivity index (χ1n) is 47.2. The molecule has 0 radical (unpaired) electrons. The zero-order valence-corrected chi connectivity index (χ0v) is 83.6. The molecule has 0 aliphatic carbocycles. The second kappa shape index (κ2) is 53.2. The van der Waals surface area contributed by atoms with Crippen LogP contribution in [0, 0.1) is 23.5 Å². The number of carboxylic acids is 2. The number of aliphatic carboxylic acids is 1. The van der Waals surface area contributed by atoms with Crippen molar-refractivity contribution in [2.75, 3.05) is 77.1 Å². The summed E-state index contributed by atoms with van der Waals surface area (Å²) in [7, 11) is 1.09. The number of imide groups is 3. The van der Waals surface area contributed by atoms with Crippen LogP contribution in [0.2, 0.25) is 0 Å². The van der Waals surface area contributed by atoms with Crippen molar-refractivity contribution in [1.82, 2.24) is 91.8 Å². The number of ketones is 1. The van der Waals surface area contributed by atoms with E-state index in [0.29, 0.717) is 44.3 Å². The van der Waals surface area contributed by atoms with E-state index in [0.717, 1.165) is 77.5 Å². The molecular weight excluding hydrogens is 1960 g/mol.